The monoisotopic (exact) mass is 652 g/mol. The van der Waals surface area contributed by atoms with Gasteiger partial charge in [-0.2, -0.15) is 0 Å². The van der Waals surface area contributed by atoms with E-state index in [1.54, 1.807) is 0 Å². The first-order chi connectivity index (χ1) is 25.2. The van der Waals surface area contributed by atoms with E-state index in [0.29, 0.717) is 0 Å². The Balaban J connectivity index is 1.01. The standard InChI is InChI=1S/C49H36N2/c1-35-16-27-45(28-17-35)51-48-15-9-8-14-46(48)47-34-41(26-33-49(47)51)40-20-18-37(19-21-40)39-24-31-44(32-25-39)50(42-12-6-3-7-13-42)43-29-22-38(23-30-43)36-10-4-2-5-11-36/h2-34H,1H3. The zero-order valence-electron chi connectivity index (χ0n) is 28.4. The molecule has 0 saturated carbocycles. The molecule has 0 bridgehead atoms. The van der Waals surface area contributed by atoms with Crippen LogP contribution in [0.4, 0.5) is 17.1 Å². The second kappa shape index (κ2) is 13.0. The van der Waals surface area contributed by atoms with E-state index in [0.717, 1.165) is 17.1 Å². The highest BCUT2D eigenvalue weighted by Crippen LogP contribution is 2.38. The number of anilines is 3. The summed E-state index contributed by atoms with van der Waals surface area (Å²) >= 11 is 0. The maximum absolute atomic E-state index is 2.37. The molecule has 0 aliphatic carbocycles. The molecule has 0 amide bonds. The Morgan fingerprint density at radius 3 is 1.37 bits per heavy atom. The van der Waals surface area contributed by atoms with E-state index in [1.165, 1.54) is 66.4 Å². The highest BCUT2D eigenvalue weighted by molar-refractivity contribution is 6.10. The van der Waals surface area contributed by atoms with E-state index in [4.69, 9.17) is 0 Å². The molecule has 0 unspecified atom stereocenters. The Morgan fingerprint density at radius 1 is 0.333 bits per heavy atom. The number of hydrogen-bond donors (Lipinski definition) is 0. The number of rotatable bonds is 7. The summed E-state index contributed by atoms with van der Waals surface area (Å²) in [5.41, 5.74) is 15.5. The maximum atomic E-state index is 2.37. The summed E-state index contributed by atoms with van der Waals surface area (Å²) in [7, 11) is 0. The second-order valence-corrected chi connectivity index (χ2v) is 13.1. The number of hydrogen-bond acceptors (Lipinski definition) is 1. The van der Waals surface area contributed by atoms with Crippen molar-refractivity contribution in [3.8, 4) is 39.1 Å². The quantitative estimate of drug-likeness (QED) is 0.166. The van der Waals surface area contributed by atoms with Gasteiger partial charge >= 0.3 is 0 Å². The molecule has 2 nitrogen and oxygen atoms in total. The fourth-order valence-corrected chi connectivity index (χ4v) is 7.24. The average molecular weight is 653 g/mol. The fourth-order valence-electron chi connectivity index (χ4n) is 7.24. The van der Waals surface area contributed by atoms with Gasteiger partial charge in [0.1, 0.15) is 0 Å². The predicted octanol–water partition coefficient (Wildman–Crippen LogP) is 13.6. The number of aromatic nitrogens is 1. The van der Waals surface area contributed by atoms with Gasteiger partial charge in [0.25, 0.3) is 0 Å². The van der Waals surface area contributed by atoms with Crippen LogP contribution >= 0.6 is 0 Å². The van der Waals surface area contributed by atoms with Crippen molar-refractivity contribution in [2.75, 3.05) is 4.90 Å². The minimum Gasteiger partial charge on any atom is -0.311 e. The highest BCUT2D eigenvalue weighted by Gasteiger charge is 2.15. The van der Waals surface area contributed by atoms with Crippen LogP contribution in [0.5, 0.6) is 0 Å². The molecule has 9 rings (SSSR count). The summed E-state index contributed by atoms with van der Waals surface area (Å²) < 4.78 is 2.37. The molecule has 9 aromatic rings. The van der Waals surface area contributed by atoms with Gasteiger partial charge in [0.05, 0.1) is 11.0 Å². The fraction of sp³-hybridized carbons (Fsp3) is 0.0204. The van der Waals surface area contributed by atoms with Crippen molar-refractivity contribution in [1.82, 2.24) is 4.57 Å². The summed E-state index contributed by atoms with van der Waals surface area (Å²) in [6.07, 6.45) is 0. The number of nitrogens with zero attached hydrogens (tertiary/aromatic N) is 2. The van der Waals surface area contributed by atoms with Crippen LogP contribution in [0.3, 0.4) is 0 Å². The van der Waals surface area contributed by atoms with Crippen LogP contribution in [0.15, 0.2) is 200 Å². The Labute approximate surface area is 299 Å². The normalized spacial score (nSPS) is 11.2. The van der Waals surface area contributed by atoms with Crippen molar-refractivity contribution in [2.24, 2.45) is 0 Å². The molecule has 0 aliphatic heterocycles. The minimum absolute atomic E-state index is 1.12. The van der Waals surface area contributed by atoms with Gasteiger partial charge in [-0.3, -0.25) is 0 Å². The summed E-state index contributed by atoms with van der Waals surface area (Å²) in [5, 5.41) is 2.53. The molecule has 0 spiro atoms. The molecule has 0 atom stereocenters. The molecule has 0 fully saturated rings. The molecule has 1 heterocycles. The highest BCUT2D eigenvalue weighted by atomic mass is 15.1. The summed E-state index contributed by atoms with van der Waals surface area (Å²) in [6, 6.07) is 72.2. The topological polar surface area (TPSA) is 8.17 Å². The van der Waals surface area contributed by atoms with E-state index < -0.39 is 0 Å². The Kier molecular flexibility index (Phi) is 7.75. The van der Waals surface area contributed by atoms with Crippen LogP contribution in [-0.2, 0) is 0 Å². The smallest absolute Gasteiger partial charge is 0.0541 e. The van der Waals surface area contributed by atoms with Gasteiger partial charge in [0.2, 0.25) is 0 Å². The van der Waals surface area contributed by atoms with Crippen molar-refractivity contribution in [3.63, 3.8) is 0 Å². The molecule has 0 saturated heterocycles. The van der Waals surface area contributed by atoms with Crippen LogP contribution in [0.25, 0.3) is 60.9 Å². The molecule has 1 aromatic heterocycles. The molecule has 0 N–H and O–H groups in total. The second-order valence-electron chi connectivity index (χ2n) is 13.1. The Morgan fingerprint density at radius 2 is 0.765 bits per heavy atom. The molecular weight excluding hydrogens is 617 g/mol. The zero-order valence-corrected chi connectivity index (χ0v) is 28.4. The van der Waals surface area contributed by atoms with Crippen LogP contribution in [-0.4, -0.2) is 4.57 Å². The van der Waals surface area contributed by atoms with Crippen molar-refractivity contribution < 1.29 is 0 Å². The van der Waals surface area contributed by atoms with Crippen molar-refractivity contribution in [2.45, 2.75) is 6.92 Å². The molecule has 51 heavy (non-hydrogen) atoms. The van der Waals surface area contributed by atoms with E-state index in [2.05, 4.69) is 217 Å². The maximum Gasteiger partial charge on any atom is 0.0541 e. The average Bonchev–Trinajstić information content (AvgIpc) is 3.53. The third-order valence-corrected chi connectivity index (χ3v) is 9.89. The first kappa shape index (κ1) is 30.4. The summed E-state index contributed by atoms with van der Waals surface area (Å²) in [4.78, 5) is 2.31. The lowest BCUT2D eigenvalue weighted by Gasteiger charge is -2.26. The summed E-state index contributed by atoms with van der Waals surface area (Å²) in [5.74, 6) is 0. The van der Waals surface area contributed by atoms with Gasteiger partial charge in [-0.25, -0.2) is 0 Å². The van der Waals surface area contributed by atoms with Gasteiger partial charge in [0, 0.05) is 33.5 Å². The van der Waals surface area contributed by atoms with Crippen LogP contribution in [0.1, 0.15) is 5.56 Å². The lowest BCUT2D eigenvalue weighted by Crippen LogP contribution is -2.09. The molecule has 242 valence electrons. The van der Waals surface area contributed by atoms with Crippen molar-refractivity contribution in [1.29, 1.82) is 0 Å². The zero-order chi connectivity index (χ0) is 34.1. The lowest BCUT2D eigenvalue weighted by molar-refractivity contribution is 1.17. The molecule has 2 heteroatoms. The Bertz CT molecular complexity index is 2580. The van der Waals surface area contributed by atoms with Crippen molar-refractivity contribution >= 4 is 38.9 Å². The van der Waals surface area contributed by atoms with Crippen LogP contribution < -0.4 is 4.90 Å². The number of fused-ring (bicyclic) bond motifs is 3. The molecule has 8 aromatic carbocycles. The van der Waals surface area contributed by atoms with E-state index in [-0.39, 0.29) is 0 Å². The third kappa shape index (κ3) is 5.77. The van der Waals surface area contributed by atoms with E-state index in [1.807, 2.05) is 0 Å². The first-order valence-corrected chi connectivity index (χ1v) is 17.5. The SMILES string of the molecule is Cc1ccc(-n2c3ccccc3c3cc(-c4ccc(-c5ccc(N(c6ccccc6)c6ccc(-c7ccccc7)cc6)cc5)cc4)ccc32)cc1. The Hall–Kier alpha value is -6.64. The number of aryl methyl sites for hydroxylation is 1. The number of benzene rings is 8. The van der Waals surface area contributed by atoms with Gasteiger partial charge in [-0.05, 0) is 107 Å². The largest absolute Gasteiger partial charge is 0.311 e. The predicted molar refractivity (Wildman–Crippen MR) is 217 cm³/mol. The third-order valence-electron chi connectivity index (χ3n) is 9.89. The van der Waals surface area contributed by atoms with Crippen LogP contribution in [0, 0.1) is 6.92 Å². The van der Waals surface area contributed by atoms with Gasteiger partial charge in [-0.15, -0.1) is 0 Å². The van der Waals surface area contributed by atoms with Gasteiger partial charge in [-0.1, -0.05) is 139 Å². The lowest BCUT2D eigenvalue weighted by atomic mass is 9.98. The van der Waals surface area contributed by atoms with E-state index in [9.17, 15) is 0 Å². The first-order valence-electron chi connectivity index (χ1n) is 17.5. The van der Waals surface area contributed by atoms with Gasteiger partial charge in [0.15, 0.2) is 0 Å². The van der Waals surface area contributed by atoms with E-state index >= 15 is 0 Å². The number of para-hydroxylation sites is 2. The molecule has 0 radical (unpaired) electrons. The molecule has 0 aliphatic rings. The minimum atomic E-state index is 1.12. The van der Waals surface area contributed by atoms with Crippen LogP contribution in [0.2, 0.25) is 0 Å². The summed E-state index contributed by atoms with van der Waals surface area (Å²) in [6.45, 7) is 2.13. The van der Waals surface area contributed by atoms with Gasteiger partial charge < -0.3 is 9.47 Å². The van der Waals surface area contributed by atoms with Crippen molar-refractivity contribution in [3.05, 3.63) is 206 Å². The molecular formula is C49H36N2.